The lowest BCUT2D eigenvalue weighted by molar-refractivity contribution is -0.118. The predicted molar refractivity (Wildman–Crippen MR) is 55.9 cm³/mol. The van der Waals surface area contributed by atoms with Gasteiger partial charge in [-0.2, -0.15) is 0 Å². The molecule has 15 heavy (non-hydrogen) atoms. The van der Waals surface area contributed by atoms with Crippen molar-refractivity contribution in [1.82, 2.24) is 9.38 Å². The van der Waals surface area contributed by atoms with Gasteiger partial charge in [0.15, 0.2) is 0 Å². The van der Waals surface area contributed by atoms with Crippen LogP contribution >= 0.6 is 0 Å². The summed E-state index contributed by atoms with van der Waals surface area (Å²) in [6, 6.07) is 5.24. The topological polar surface area (TPSA) is 86.4 Å². The third kappa shape index (κ3) is 1.97. The summed E-state index contributed by atoms with van der Waals surface area (Å²) in [4.78, 5) is 15.0. The first-order valence-electron chi connectivity index (χ1n) is 4.64. The van der Waals surface area contributed by atoms with E-state index in [0.29, 0.717) is 5.69 Å². The third-order valence-corrected chi connectivity index (χ3v) is 2.18. The number of nitrogens with zero attached hydrogens (tertiary/aromatic N) is 2. The zero-order valence-corrected chi connectivity index (χ0v) is 8.13. The first-order valence-corrected chi connectivity index (χ1v) is 4.64. The van der Waals surface area contributed by atoms with Gasteiger partial charge in [0.2, 0.25) is 5.91 Å². The molecule has 78 valence electrons. The van der Waals surface area contributed by atoms with Crippen molar-refractivity contribution in [2.24, 2.45) is 11.5 Å². The van der Waals surface area contributed by atoms with Crippen LogP contribution in [0.25, 0.3) is 5.65 Å². The minimum Gasteiger partial charge on any atom is -0.370 e. The normalized spacial score (nSPS) is 12.9. The van der Waals surface area contributed by atoms with Gasteiger partial charge < -0.3 is 15.9 Å². The number of hydrogen-bond acceptors (Lipinski definition) is 3. The molecule has 4 N–H and O–H groups in total. The highest BCUT2D eigenvalue weighted by Crippen LogP contribution is 2.13. The summed E-state index contributed by atoms with van der Waals surface area (Å²) in [7, 11) is 0. The summed E-state index contributed by atoms with van der Waals surface area (Å²) in [5.41, 5.74) is 12.3. The molecule has 1 amide bonds. The number of amides is 1. The molecule has 5 heteroatoms. The Hall–Kier alpha value is -1.88. The molecule has 0 spiro atoms. The van der Waals surface area contributed by atoms with E-state index in [9.17, 15) is 4.79 Å². The summed E-state index contributed by atoms with van der Waals surface area (Å²) in [5, 5.41) is 0. The van der Waals surface area contributed by atoms with Crippen LogP contribution in [0.5, 0.6) is 0 Å². The molecule has 1 unspecified atom stereocenters. The standard InChI is InChI=1S/C10H12N4O/c11-7(5-9(12)15)8-6-14-4-2-1-3-10(14)13-8/h1-4,6-7H,5,11H2,(H2,12,15). The molecule has 5 nitrogen and oxygen atoms in total. The Balaban J connectivity index is 2.32. The van der Waals surface area contributed by atoms with E-state index in [4.69, 9.17) is 11.5 Å². The van der Waals surface area contributed by atoms with Gasteiger partial charge in [-0.1, -0.05) is 6.07 Å². The van der Waals surface area contributed by atoms with Gasteiger partial charge in [0.25, 0.3) is 0 Å². The molecule has 0 aliphatic carbocycles. The molecule has 0 aliphatic heterocycles. The van der Waals surface area contributed by atoms with E-state index in [-0.39, 0.29) is 6.42 Å². The lowest BCUT2D eigenvalue weighted by atomic mass is 10.1. The molecule has 0 bridgehead atoms. The van der Waals surface area contributed by atoms with E-state index in [0.717, 1.165) is 5.65 Å². The summed E-state index contributed by atoms with van der Waals surface area (Å²) in [6.07, 6.45) is 3.80. The molecular formula is C10H12N4O. The first kappa shape index (κ1) is 9.67. The number of nitrogens with two attached hydrogens (primary N) is 2. The first-order chi connectivity index (χ1) is 7.16. The van der Waals surface area contributed by atoms with Crippen molar-refractivity contribution >= 4 is 11.6 Å². The predicted octanol–water partition coefficient (Wildman–Crippen LogP) is 0.209. The van der Waals surface area contributed by atoms with Crippen LogP contribution in [-0.4, -0.2) is 15.3 Å². The van der Waals surface area contributed by atoms with Crippen LogP contribution in [0, 0.1) is 0 Å². The maximum atomic E-state index is 10.7. The smallest absolute Gasteiger partial charge is 0.219 e. The number of fused-ring (bicyclic) bond motifs is 1. The van der Waals surface area contributed by atoms with Gasteiger partial charge >= 0.3 is 0 Å². The summed E-state index contributed by atoms with van der Waals surface area (Å²) < 4.78 is 1.86. The van der Waals surface area contributed by atoms with E-state index in [1.165, 1.54) is 0 Å². The number of aromatic nitrogens is 2. The zero-order valence-electron chi connectivity index (χ0n) is 8.13. The van der Waals surface area contributed by atoms with Crippen molar-refractivity contribution in [2.45, 2.75) is 12.5 Å². The minimum absolute atomic E-state index is 0.115. The van der Waals surface area contributed by atoms with Crippen LogP contribution in [0.2, 0.25) is 0 Å². The molecule has 2 heterocycles. The summed E-state index contributed by atoms with van der Waals surface area (Å²) in [6.45, 7) is 0. The number of carbonyl (C=O) groups is 1. The average Bonchev–Trinajstić information content (AvgIpc) is 2.59. The van der Waals surface area contributed by atoms with Crippen LogP contribution in [0.3, 0.4) is 0 Å². The van der Waals surface area contributed by atoms with Crippen molar-refractivity contribution in [3.05, 3.63) is 36.3 Å². The van der Waals surface area contributed by atoms with Crippen LogP contribution in [0.4, 0.5) is 0 Å². The number of pyridine rings is 1. The Labute approximate surface area is 86.7 Å². The number of imidazole rings is 1. The fourth-order valence-corrected chi connectivity index (χ4v) is 1.45. The van der Waals surface area contributed by atoms with Gasteiger partial charge in [0, 0.05) is 18.8 Å². The number of carbonyl (C=O) groups excluding carboxylic acids is 1. The maximum absolute atomic E-state index is 10.7. The van der Waals surface area contributed by atoms with E-state index >= 15 is 0 Å². The Morgan fingerprint density at radius 2 is 2.33 bits per heavy atom. The second-order valence-corrected chi connectivity index (χ2v) is 3.41. The molecule has 0 fully saturated rings. The maximum Gasteiger partial charge on any atom is 0.219 e. The van der Waals surface area contributed by atoms with Crippen molar-refractivity contribution in [3.63, 3.8) is 0 Å². The Bertz CT molecular complexity index is 458. The largest absolute Gasteiger partial charge is 0.370 e. The van der Waals surface area contributed by atoms with Crippen molar-refractivity contribution in [3.8, 4) is 0 Å². The molecule has 0 radical (unpaired) electrons. The SMILES string of the molecule is NC(=O)CC(N)c1cn2ccccc2n1. The Morgan fingerprint density at radius 1 is 1.53 bits per heavy atom. The molecule has 2 rings (SSSR count). The zero-order chi connectivity index (χ0) is 10.8. The summed E-state index contributed by atoms with van der Waals surface area (Å²) >= 11 is 0. The number of hydrogen-bond donors (Lipinski definition) is 2. The highest BCUT2D eigenvalue weighted by molar-refractivity contribution is 5.74. The quantitative estimate of drug-likeness (QED) is 0.749. The molecule has 0 saturated carbocycles. The molecule has 0 saturated heterocycles. The van der Waals surface area contributed by atoms with Gasteiger partial charge in [-0.25, -0.2) is 4.98 Å². The highest BCUT2D eigenvalue weighted by Gasteiger charge is 2.12. The van der Waals surface area contributed by atoms with Crippen molar-refractivity contribution < 1.29 is 4.79 Å². The lowest BCUT2D eigenvalue weighted by Gasteiger charge is -2.03. The highest BCUT2D eigenvalue weighted by atomic mass is 16.1. The van der Waals surface area contributed by atoms with Crippen LogP contribution in [0.1, 0.15) is 18.2 Å². The number of rotatable bonds is 3. The molecule has 1 atom stereocenters. The van der Waals surface area contributed by atoms with Crippen molar-refractivity contribution in [2.75, 3.05) is 0 Å². The van der Waals surface area contributed by atoms with E-state index in [2.05, 4.69) is 4.98 Å². The van der Waals surface area contributed by atoms with Gasteiger partial charge in [0.05, 0.1) is 11.7 Å². The Morgan fingerprint density at radius 3 is 3.00 bits per heavy atom. The molecule has 0 aromatic carbocycles. The average molecular weight is 204 g/mol. The van der Waals surface area contributed by atoms with Gasteiger partial charge in [-0.3, -0.25) is 4.79 Å². The van der Waals surface area contributed by atoms with E-state index in [1.54, 1.807) is 0 Å². The van der Waals surface area contributed by atoms with Crippen molar-refractivity contribution in [1.29, 1.82) is 0 Å². The second kappa shape index (κ2) is 3.70. The molecule has 0 aliphatic rings. The van der Waals surface area contributed by atoms with Gasteiger partial charge in [-0.05, 0) is 12.1 Å². The minimum atomic E-state index is -0.428. The number of primary amides is 1. The van der Waals surface area contributed by atoms with E-state index in [1.807, 2.05) is 35.0 Å². The fourth-order valence-electron chi connectivity index (χ4n) is 1.45. The Kier molecular flexibility index (Phi) is 2.39. The molecule has 2 aromatic heterocycles. The molecular weight excluding hydrogens is 192 g/mol. The van der Waals surface area contributed by atoms with Gasteiger partial charge in [-0.15, -0.1) is 0 Å². The summed E-state index contributed by atoms with van der Waals surface area (Å²) in [5.74, 6) is -0.417. The fraction of sp³-hybridized carbons (Fsp3) is 0.200. The third-order valence-electron chi connectivity index (χ3n) is 2.18. The van der Waals surface area contributed by atoms with Crippen LogP contribution < -0.4 is 11.5 Å². The monoisotopic (exact) mass is 204 g/mol. The lowest BCUT2D eigenvalue weighted by Crippen LogP contribution is -2.20. The van der Waals surface area contributed by atoms with Gasteiger partial charge in [0.1, 0.15) is 5.65 Å². The molecule has 2 aromatic rings. The van der Waals surface area contributed by atoms with E-state index < -0.39 is 11.9 Å². The van der Waals surface area contributed by atoms with Crippen LogP contribution in [-0.2, 0) is 4.79 Å². The van der Waals surface area contributed by atoms with Crippen LogP contribution in [0.15, 0.2) is 30.6 Å². The second-order valence-electron chi connectivity index (χ2n) is 3.41.